The number of imidazole rings is 1. The predicted octanol–water partition coefficient (Wildman–Crippen LogP) is 8.18. The summed E-state index contributed by atoms with van der Waals surface area (Å²) in [6.07, 6.45) is 2.86. The molecule has 2 heterocycles. The van der Waals surface area contributed by atoms with Crippen molar-refractivity contribution < 1.29 is 4.42 Å². The SMILES string of the molecule is CC(C)(C)Cc1ccc2c(-c3nc4ccccc4n3-c3ccc4ccccc4c3)coc2c1. The number of rotatable bonds is 3. The topological polar surface area (TPSA) is 31.0 Å². The fraction of sp³-hybridized carbons (Fsp3) is 0.167. The van der Waals surface area contributed by atoms with Crippen molar-refractivity contribution in [2.45, 2.75) is 27.2 Å². The largest absolute Gasteiger partial charge is 0.464 e. The lowest BCUT2D eigenvalue weighted by Crippen LogP contribution is -2.08. The summed E-state index contributed by atoms with van der Waals surface area (Å²) >= 11 is 0. The van der Waals surface area contributed by atoms with Gasteiger partial charge in [0.1, 0.15) is 17.7 Å². The Morgan fingerprint density at radius 3 is 2.45 bits per heavy atom. The van der Waals surface area contributed by atoms with Crippen LogP contribution in [0.15, 0.2) is 95.6 Å². The predicted molar refractivity (Wildman–Crippen MR) is 137 cm³/mol. The number of fused-ring (bicyclic) bond motifs is 3. The molecule has 2 aromatic heterocycles. The van der Waals surface area contributed by atoms with E-state index in [0.717, 1.165) is 45.5 Å². The Kier molecular flexibility index (Phi) is 4.41. The fourth-order valence-corrected chi connectivity index (χ4v) is 4.75. The van der Waals surface area contributed by atoms with E-state index < -0.39 is 0 Å². The molecule has 0 aliphatic heterocycles. The number of aromatic nitrogens is 2. The van der Waals surface area contributed by atoms with E-state index >= 15 is 0 Å². The van der Waals surface area contributed by atoms with E-state index in [0.29, 0.717) is 0 Å². The van der Waals surface area contributed by atoms with Gasteiger partial charge in [0, 0.05) is 11.1 Å². The average Bonchev–Trinajstić information content (AvgIpc) is 3.38. The van der Waals surface area contributed by atoms with Crippen molar-refractivity contribution >= 4 is 32.8 Å². The average molecular weight is 431 g/mol. The minimum atomic E-state index is 0.229. The first-order valence-electron chi connectivity index (χ1n) is 11.4. The molecule has 3 heteroatoms. The first-order valence-corrected chi connectivity index (χ1v) is 11.4. The molecule has 0 saturated carbocycles. The molecule has 0 unspecified atom stereocenters. The molecule has 0 aliphatic carbocycles. The summed E-state index contributed by atoms with van der Waals surface area (Å²) in [5.41, 5.74) is 6.59. The van der Waals surface area contributed by atoms with Crippen LogP contribution in [0.2, 0.25) is 0 Å². The van der Waals surface area contributed by atoms with Gasteiger partial charge in [0.2, 0.25) is 0 Å². The molecule has 0 radical (unpaired) electrons. The summed E-state index contributed by atoms with van der Waals surface area (Å²) < 4.78 is 8.31. The normalized spacial score (nSPS) is 12.2. The number of para-hydroxylation sites is 2. The van der Waals surface area contributed by atoms with E-state index in [1.54, 1.807) is 0 Å². The van der Waals surface area contributed by atoms with Gasteiger partial charge in [-0.3, -0.25) is 4.57 Å². The van der Waals surface area contributed by atoms with Gasteiger partial charge in [-0.1, -0.05) is 75.4 Å². The second kappa shape index (κ2) is 7.35. The molecule has 6 aromatic rings. The molecule has 162 valence electrons. The molecule has 6 rings (SSSR count). The third-order valence-corrected chi connectivity index (χ3v) is 6.17. The number of nitrogens with zero attached hydrogens (tertiary/aromatic N) is 2. The molecular weight excluding hydrogens is 404 g/mol. The fourth-order valence-electron chi connectivity index (χ4n) is 4.75. The third kappa shape index (κ3) is 3.50. The van der Waals surface area contributed by atoms with E-state index in [2.05, 4.69) is 104 Å². The Morgan fingerprint density at radius 2 is 1.61 bits per heavy atom. The first-order chi connectivity index (χ1) is 16.0. The Hall–Kier alpha value is -3.85. The van der Waals surface area contributed by atoms with Gasteiger partial charge < -0.3 is 4.42 Å². The molecule has 0 atom stereocenters. The molecule has 0 amide bonds. The molecule has 0 N–H and O–H groups in total. The zero-order valence-electron chi connectivity index (χ0n) is 19.2. The highest BCUT2D eigenvalue weighted by Gasteiger charge is 2.19. The maximum Gasteiger partial charge on any atom is 0.149 e. The third-order valence-electron chi connectivity index (χ3n) is 6.17. The van der Waals surface area contributed by atoms with Crippen LogP contribution in [-0.4, -0.2) is 9.55 Å². The number of hydrogen-bond acceptors (Lipinski definition) is 2. The summed E-state index contributed by atoms with van der Waals surface area (Å²) in [5.74, 6) is 0.897. The molecule has 0 fully saturated rings. The molecule has 4 aromatic carbocycles. The highest BCUT2D eigenvalue weighted by Crippen LogP contribution is 2.36. The molecular formula is C30H26N2O. The molecule has 0 spiro atoms. The quantitative estimate of drug-likeness (QED) is 0.283. The van der Waals surface area contributed by atoms with Crippen LogP contribution >= 0.6 is 0 Å². The summed E-state index contributed by atoms with van der Waals surface area (Å²) in [5, 5.41) is 3.53. The highest BCUT2D eigenvalue weighted by atomic mass is 16.3. The zero-order valence-corrected chi connectivity index (χ0v) is 19.2. The second-order valence-electron chi connectivity index (χ2n) is 10.0. The van der Waals surface area contributed by atoms with Gasteiger partial charge in [-0.15, -0.1) is 0 Å². The van der Waals surface area contributed by atoms with Crippen LogP contribution in [0, 0.1) is 5.41 Å². The molecule has 0 aliphatic rings. The maximum absolute atomic E-state index is 6.06. The highest BCUT2D eigenvalue weighted by molar-refractivity contribution is 5.96. The Labute approximate surface area is 193 Å². The minimum absolute atomic E-state index is 0.229. The van der Waals surface area contributed by atoms with Crippen molar-refractivity contribution in [2.75, 3.05) is 0 Å². The first kappa shape index (κ1) is 19.8. The number of benzene rings is 4. The van der Waals surface area contributed by atoms with Crippen LogP contribution in [0.3, 0.4) is 0 Å². The Bertz CT molecular complexity index is 1630. The monoisotopic (exact) mass is 430 g/mol. The van der Waals surface area contributed by atoms with Crippen molar-refractivity contribution in [1.29, 1.82) is 0 Å². The van der Waals surface area contributed by atoms with Gasteiger partial charge in [-0.25, -0.2) is 4.98 Å². The molecule has 3 nitrogen and oxygen atoms in total. The van der Waals surface area contributed by atoms with Crippen molar-refractivity contribution in [3.63, 3.8) is 0 Å². The molecule has 0 bridgehead atoms. The Balaban J connectivity index is 1.56. The standard InChI is InChI=1S/C30H26N2O/c1-30(2,3)18-20-12-15-24-25(19-33-28(24)16-20)29-31-26-10-6-7-11-27(26)32(29)23-14-13-21-8-4-5-9-22(21)17-23/h4-17,19H,18H2,1-3H3. The van der Waals surface area contributed by atoms with Crippen LogP contribution in [-0.2, 0) is 6.42 Å². The second-order valence-corrected chi connectivity index (χ2v) is 10.0. The van der Waals surface area contributed by atoms with E-state index in [1.165, 1.54) is 16.3 Å². The van der Waals surface area contributed by atoms with Crippen LogP contribution in [0.1, 0.15) is 26.3 Å². The van der Waals surface area contributed by atoms with Crippen LogP contribution in [0.25, 0.3) is 49.9 Å². The minimum Gasteiger partial charge on any atom is -0.464 e. The summed E-state index contributed by atoms with van der Waals surface area (Å²) in [6, 6.07) is 29.9. The zero-order chi connectivity index (χ0) is 22.6. The van der Waals surface area contributed by atoms with E-state index in [-0.39, 0.29) is 5.41 Å². The van der Waals surface area contributed by atoms with Gasteiger partial charge in [0.05, 0.1) is 16.6 Å². The van der Waals surface area contributed by atoms with Crippen LogP contribution in [0.4, 0.5) is 0 Å². The lowest BCUT2D eigenvalue weighted by atomic mass is 9.88. The summed E-state index contributed by atoms with van der Waals surface area (Å²) in [7, 11) is 0. The molecule has 33 heavy (non-hydrogen) atoms. The van der Waals surface area contributed by atoms with E-state index in [1.807, 2.05) is 12.3 Å². The van der Waals surface area contributed by atoms with Crippen molar-refractivity contribution in [2.24, 2.45) is 5.41 Å². The number of furan rings is 1. The van der Waals surface area contributed by atoms with Gasteiger partial charge in [-0.05, 0) is 58.5 Å². The van der Waals surface area contributed by atoms with Crippen LogP contribution in [0.5, 0.6) is 0 Å². The lowest BCUT2D eigenvalue weighted by molar-refractivity contribution is 0.411. The summed E-state index contributed by atoms with van der Waals surface area (Å²) in [4.78, 5) is 5.05. The van der Waals surface area contributed by atoms with E-state index in [4.69, 9.17) is 9.40 Å². The lowest BCUT2D eigenvalue weighted by Gasteiger charge is -2.17. The van der Waals surface area contributed by atoms with E-state index in [9.17, 15) is 0 Å². The van der Waals surface area contributed by atoms with Gasteiger partial charge in [0.25, 0.3) is 0 Å². The van der Waals surface area contributed by atoms with Crippen molar-refractivity contribution in [3.05, 3.63) is 96.8 Å². The number of hydrogen-bond donors (Lipinski definition) is 0. The van der Waals surface area contributed by atoms with Gasteiger partial charge >= 0.3 is 0 Å². The summed E-state index contributed by atoms with van der Waals surface area (Å²) in [6.45, 7) is 6.78. The Morgan fingerprint density at radius 1 is 0.818 bits per heavy atom. The van der Waals surface area contributed by atoms with Crippen molar-refractivity contribution in [1.82, 2.24) is 9.55 Å². The maximum atomic E-state index is 6.06. The van der Waals surface area contributed by atoms with Gasteiger partial charge in [0.15, 0.2) is 0 Å². The van der Waals surface area contributed by atoms with Gasteiger partial charge in [-0.2, -0.15) is 0 Å². The van der Waals surface area contributed by atoms with Crippen LogP contribution < -0.4 is 0 Å². The van der Waals surface area contributed by atoms with Crippen molar-refractivity contribution in [3.8, 4) is 17.1 Å². The smallest absolute Gasteiger partial charge is 0.149 e. The molecule has 0 saturated heterocycles.